The number of anilines is 2. The van der Waals surface area contributed by atoms with Crippen molar-refractivity contribution in [3.63, 3.8) is 0 Å². The first-order valence-electron chi connectivity index (χ1n) is 21.9. The number of aryl methyl sites for hydroxylation is 1. The van der Waals surface area contributed by atoms with E-state index in [1.165, 1.54) is 0 Å². The zero-order valence-corrected chi connectivity index (χ0v) is 35.8. The third-order valence-electron chi connectivity index (χ3n) is 12.9. The maximum absolute atomic E-state index is 12.5. The molecule has 2 atom stereocenters. The van der Waals surface area contributed by atoms with Crippen LogP contribution >= 0.6 is 0 Å². The number of fused-ring (bicyclic) bond motifs is 1. The summed E-state index contributed by atoms with van der Waals surface area (Å²) in [5.74, 6) is 1.79. The topological polar surface area (TPSA) is 201 Å². The number of carbonyl (C=O) groups excluding carboxylic acids is 2. The molecule has 5 aromatic rings. The number of aromatic amines is 2. The maximum atomic E-state index is 12.5. The lowest BCUT2D eigenvalue weighted by Crippen LogP contribution is -2.48. The molecule has 4 N–H and O–H groups in total. The van der Waals surface area contributed by atoms with Crippen molar-refractivity contribution in [1.82, 2.24) is 55.3 Å². The Kier molecular flexibility index (Phi) is 13.3. The van der Waals surface area contributed by atoms with Crippen molar-refractivity contribution in [1.29, 1.82) is 0 Å². The van der Waals surface area contributed by atoms with E-state index in [2.05, 4.69) is 65.1 Å². The average Bonchev–Trinajstić information content (AvgIpc) is 3.82. The molecule has 2 unspecified atom stereocenters. The molecular formula is C45H57N13O4. The van der Waals surface area contributed by atoms with Crippen LogP contribution in [-0.2, 0) is 0 Å². The minimum absolute atomic E-state index is 0.0599. The van der Waals surface area contributed by atoms with Crippen LogP contribution in [0, 0.1) is 6.92 Å². The van der Waals surface area contributed by atoms with Gasteiger partial charge in [0.1, 0.15) is 23.0 Å². The van der Waals surface area contributed by atoms with Crippen LogP contribution in [-0.4, -0.2) is 135 Å². The van der Waals surface area contributed by atoms with Crippen molar-refractivity contribution in [2.24, 2.45) is 0 Å². The van der Waals surface area contributed by atoms with Gasteiger partial charge in [-0.15, -0.1) is 0 Å². The third kappa shape index (κ3) is 9.84. The number of likely N-dealkylation sites (tertiary alicyclic amines) is 2. The van der Waals surface area contributed by atoms with E-state index in [4.69, 9.17) is 0 Å². The number of rotatable bonds is 8. The van der Waals surface area contributed by atoms with E-state index >= 15 is 0 Å². The molecular weight excluding hydrogens is 787 g/mol. The van der Waals surface area contributed by atoms with E-state index in [0.717, 1.165) is 126 Å². The van der Waals surface area contributed by atoms with Gasteiger partial charge in [0.15, 0.2) is 5.65 Å². The average molecular weight is 844 g/mol. The lowest BCUT2D eigenvalue weighted by atomic mass is 9.93. The molecule has 62 heavy (non-hydrogen) atoms. The molecule has 0 aromatic carbocycles. The first-order chi connectivity index (χ1) is 30.1. The van der Waals surface area contributed by atoms with Crippen LogP contribution in [0.3, 0.4) is 0 Å². The lowest BCUT2D eigenvalue weighted by Gasteiger charge is -2.42. The van der Waals surface area contributed by atoms with Gasteiger partial charge in [0.25, 0.3) is 22.9 Å². The summed E-state index contributed by atoms with van der Waals surface area (Å²) in [5.41, 5.74) is 4.15. The molecule has 4 aliphatic rings. The van der Waals surface area contributed by atoms with Crippen molar-refractivity contribution in [3.05, 3.63) is 110 Å². The predicted molar refractivity (Wildman–Crippen MR) is 238 cm³/mol. The highest BCUT2D eigenvalue weighted by molar-refractivity contribution is 5.92. The van der Waals surface area contributed by atoms with Crippen LogP contribution in [0.2, 0.25) is 0 Å². The quantitative estimate of drug-likeness (QED) is 0.178. The standard InChI is InChI=1S/C24H29N7O2.C21H28N6O2/c1-25-24(33)20-7-6-18(14-27-20)30-12-8-17(9-13-30)31-11-3-4-16(15-31)21-28-22-19(23(32)29-21)5-2-10-26-22;1-14-11-19(28)25-20(24-14)15-5-8-27(13-15)16-6-9-26(10-7-16)17-3-4-18(23-12-17)21(29)22-2/h2,5-7,10,14,16-17H,3-4,8-9,11-13,15H2,1H3,(H,25,33)(H,26,28,29,32);3-4,11-12,15-16H,5-10,13H2,1-2H3,(H,22,29)(H,24,25,28). The summed E-state index contributed by atoms with van der Waals surface area (Å²) < 4.78 is 0. The van der Waals surface area contributed by atoms with E-state index < -0.39 is 0 Å². The van der Waals surface area contributed by atoms with Crippen LogP contribution in [0.15, 0.2) is 70.6 Å². The van der Waals surface area contributed by atoms with Crippen LogP contribution in [0.1, 0.15) is 95.1 Å². The van der Waals surface area contributed by atoms with Gasteiger partial charge in [-0.1, -0.05) is 0 Å². The fourth-order valence-corrected chi connectivity index (χ4v) is 9.53. The van der Waals surface area contributed by atoms with Crippen molar-refractivity contribution in [3.8, 4) is 0 Å². The smallest absolute Gasteiger partial charge is 0.269 e. The van der Waals surface area contributed by atoms with Crippen LogP contribution in [0.25, 0.3) is 11.0 Å². The summed E-state index contributed by atoms with van der Waals surface area (Å²) in [5, 5.41) is 5.74. The number of carbonyl (C=O) groups is 2. The van der Waals surface area contributed by atoms with Gasteiger partial charge in [-0.25, -0.2) is 24.9 Å². The van der Waals surface area contributed by atoms with Gasteiger partial charge in [-0.05, 0) is 101 Å². The summed E-state index contributed by atoms with van der Waals surface area (Å²) in [4.78, 5) is 85.4. The van der Waals surface area contributed by atoms with Crippen molar-refractivity contribution in [2.75, 3.05) is 76.3 Å². The molecule has 5 aromatic heterocycles. The van der Waals surface area contributed by atoms with E-state index in [0.29, 0.717) is 40.4 Å². The lowest BCUT2D eigenvalue weighted by molar-refractivity contribution is 0.0950. The maximum Gasteiger partial charge on any atom is 0.269 e. The van der Waals surface area contributed by atoms with Crippen LogP contribution in [0.5, 0.6) is 0 Å². The van der Waals surface area contributed by atoms with Gasteiger partial charge in [-0.2, -0.15) is 0 Å². The third-order valence-corrected chi connectivity index (χ3v) is 12.9. The molecule has 0 saturated carbocycles. The number of hydrogen-bond donors (Lipinski definition) is 4. The normalized spacial score (nSPS) is 20.4. The van der Waals surface area contributed by atoms with E-state index in [1.807, 2.05) is 19.1 Å². The molecule has 17 nitrogen and oxygen atoms in total. The first kappa shape index (κ1) is 42.6. The Balaban J connectivity index is 0.000000172. The van der Waals surface area contributed by atoms with E-state index in [-0.39, 0.29) is 28.9 Å². The fraction of sp³-hybridized carbons (Fsp3) is 0.489. The van der Waals surface area contributed by atoms with Crippen molar-refractivity contribution >= 4 is 34.2 Å². The highest BCUT2D eigenvalue weighted by Gasteiger charge is 2.33. The Hall–Kier alpha value is -6.07. The summed E-state index contributed by atoms with van der Waals surface area (Å²) >= 11 is 0. The second-order valence-corrected chi connectivity index (χ2v) is 16.8. The van der Waals surface area contributed by atoms with Gasteiger partial charge < -0.3 is 30.4 Å². The number of hydrogen-bond acceptors (Lipinski definition) is 13. The van der Waals surface area contributed by atoms with Crippen molar-refractivity contribution < 1.29 is 9.59 Å². The largest absolute Gasteiger partial charge is 0.370 e. The molecule has 0 bridgehead atoms. The molecule has 326 valence electrons. The number of H-pyrrole nitrogens is 2. The van der Waals surface area contributed by atoms with Crippen LogP contribution in [0.4, 0.5) is 11.4 Å². The number of aromatic nitrogens is 7. The number of nitrogens with one attached hydrogen (secondary N) is 4. The Labute approximate surface area is 360 Å². The molecule has 4 saturated heterocycles. The molecule has 4 fully saturated rings. The molecule has 0 radical (unpaired) electrons. The summed E-state index contributed by atoms with van der Waals surface area (Å²) in [6.45, 7) is 9.75. The predicted octanol–water partition coefficient (Wildman–Crippen LogP) is 3.21. The second-order valence-electron chi connectivity index (χ2n) is 16.8. The SMILES string of the molecule is CNC(=O)c1ccc(N2CCC(N3CCC(c4nc(C)cc(=O)[nH]4)C3)CC2)cn1.CNC(=O)c1ccc(N2CCC(N3CCCC(c4nc5ncccc5c(=O)[nH]4)C3)CC2)cn1. The van der Waals surface area contributed by atoms with Crippen LogP contribution < -0.4 is 31.6 Å². The Morgan fingerprint density at radius 1 is 0.661 bits per heavy atom. The summed E-state index contributed by atoms with van der Waals surface area (Å²) in [6.07, 6.45) is 12.8. The Morgan fingerprint density at radius 3 is 1.77 bits per heavy atom. The monoisotopic (exact) mass is 843 g/mol. The summed E-state index contributed by atoms with van der Waals surface area (Å²) in [6, 6.07) is 13.7. The minimum atomic E-state index is -0.169. The molecule has 2 amide bonds. The highest BCUT2D eigenvalue weighted by Crippen LogP contribution is 2.32. The Morgan fingerprint density at radius 2 is 1.23 bits per heavy atom. The van der Waals surface area contributed by atoms with E-state index in [1.54, 1.807) is 63.0 Å². The number of piperidine rings is 3. The number of amides is 2. The van der Waals surface area contributed by atoms with Gasteiger partial charge in [0.05, 0.1) is 29.2 Å². The zero-order valence-electron chi connectivity index (χ0n) is 35.8. The minimum Gasteiger partial charge on any atom is -0.370 e. The van der Waals surface area contributed by atoms with Gasteiger partial charge >= 0.3 is 0 Å². The zero-order chi connectivity index (χ0) is 43.2. The Bertz CT molecular complexity index is 2440. The first-order valence-corrected chi connectivity index (χ1v) is 21.9. The highest BCUT2D eigenvalue weighted by atomic mass is 16.2. The fourth-order valence-electron chi connectivity index (χ4n) is 9.53. The second kappa shape index (κ2) is 19.3. The van der Waals surface area contributed by atoms with Gasteiger partial charge in [0.2, 0.25) is 0 Å². The molecule has 9 rings (SSSR count). The molecule has 9 heterocycles. The van der Waals surface area contributed by atoms with Gasteiger partial charge in [-0.3, -0.25) is 29.0 Å². The summed E-state index contributed by atoms with van der Waals surface area (Å²) in [7, 11) is 3.22. The molecule has 0 aliphatic carbocycles. The number of nitrogens with zero attached hydrogens (tertiary/aromatic N) is 9. The molecule has 0 spiro atoms. The molecule has 4 aliphatic heterocycles. The van der Waals surface area contributed by atoms with E-state index in [9.17, 15) is 19.2 Å². The van der Waals surface area contributed by atoms with Crippen molar-refractivity contribution in [2.45, 2.75) is 75.8 Å². The number of pyridine rings is 3. The van der Waals surface area contributed by atoms with Gasteiger partial charge in [0, 0.05) is 95.2 Å². The molecule has 17 heteroatoms.